The molecule has 11 heteroatoms. The van der Waals surface area contributed by atoms with E-state index in [1.165, 1.54) is 6.20 Å². The molecule has 1 heterocycles. The quantitative estimate of drug-likeness (QED) is 0.323. The number of nitrogens with zero attached hydrogens (tertiary/aromatic N) is 1. The minimum atomic E-state index is -1.08. The molecule has 1 aromatic heterocycles. The van der Waals surface area contributed by atoms with E-state index in [1.807, 2.05) is 0 Å². The number of carboxylic acid groups (broad SMARTS) is 2. The van der Waals surface area contributed by atoms with Crippen molar-refractivity contribution in [3.8, 4) is 0 Å². The molecule has 0 fully saturated rings. The number of H-pyrrole nitrogens is 1. The fourth-order valence-electron chi connectivity index (χ4n) is 1.22. The second kappa shape index (κ2) is 8.32. The highest BCUT2D eigenvalue weighted by Crippen LogP contribution is 2.16. The van der Waals surface area contributed by atoms with Gasteiger partial charge in [-0.3, -0.25) is 9.59 Å². The van der Waals surface area contributed by atoms with E-state index < -0.39 is 24.0 Å². The maximum atomic E-state index is 10.8. The molecule has 2 atom stereocenters. The minimum Gasteiger partial charge on any atom is -0.480 e. The van der Waals surface area contributed by atoms with Crippen LogP contribution in [0, 0.1) is 0 Å². The molecule has 0 radical (unpaired) electrons. The van der Waals surface area contributed by atoms with E-state index >= 15 is 0 Å². The van der Waals surface area contributed by atoms with Crippen molar-refractivity contribution >= 4 is 47.3 Å². The molecule has 0 aliphatic rings. The molecule has 5 N–H and O–H groups in total. The Morgan fingerprint density at radius 2 is 1.90 bits per heavy atom. The highest BCUT2D eigenvalue weighted by atomic mass is 35.5. The van der Waals surface area contributed by atoms with Crippen LogP contribution in [0.3, 0.4) is 0 Å². The predicted octanol–water partition coefficient (Wildman–Crippen LogP) is 0.438. The number of hydrogen-bond acceptors (Lipinski definition) is 6. The summed E-state index contributed by atoms with van der Waals surface area (Å²) in [7, 11) is 0. The molecule has 0 aliphatic carbocycles. The number of rotatable bonds is 9. The van der Waals surface area contributed by atoms with Gasteiger partial charge in [-0.25, -0.2) is 14.7 Å². The maximum Gasteiger partial charge on any atom is 0.322 e. The average molecular weight is 343 g/mol. The van der Waals surface area contributed by atoms with E-state index in [9.17, 15) is 9.59 Å². The largest absolute Gasteiger partial charge is 0.480 e. The van der Waals surface area contributed by atoms with Crippen LogP contribution in [0.15, 0.2) is 11.4 Å². The van der Waals surface area contributed by atoms with E-state index in [0.717, 1.165) is 11.8 Å². The molecule has 20 heavy (non-hydrogen) atoms. The van der Waals surface area contributed by atoms with Crippen LogP contribution in [0.5, 0.6) is 0 Å². The van der Waals surface area contributed by atoms with Crippen LogP contribution in [0.4, 0.5) is 0 Å². The zero-order valence-corrected chi connectivity index (χ0v) is 12.3. The van der Waals surface area contributed by atoms with Crippen molar-refractivity contribution in [2.24, 2.45) is 0 Å². The van der Waals surface area contributed by atoms with E-state index in [0.29, 0.717) is 10.9 Å². The van der Waals surface area contributed by atoms with Gasteiger partial charge in [0.15, 0.2) is 5.16 Å². The first-order chi connectivity index (χ1) is 9.47. The summed E-state index contributed by atoms with van der Waals surface area (Å²) in [4.78, 5) is 32.7. The Morgan fingerprint density at radius 3 is 2.40 bits per heavy atom. The second-order valence-corrected chi connectivity index (χ2v) is 5.17. The molecule has 0 spiro atoms. The van der Waals surface area contributed by atoms with Crippen molar-refractivity contribution in [2.45, 2.75) is 23.7 Å². The molecular weight excluding hydrogens is 331 g/mol. The molecule has 0 saturated heterocycles. The standard InChI is InChI=1S/C9H12Cl2N4O4S/c10-14-5(7(16)17)1-4-2-12-9(13-4)20-3-6(15-11)8(18)19/h2,5-6,14-15H,1,3H2,(H,12,13)(H,16,17)(H,18,19)/t5-,6?/m0/s1. The number of halogens is 2. The van der Waals surface area contributed by atoms with Gasteiger partial charge in [-0.05, 0) is 23.6 Å². The number of aromatic amines is 1. The third-order valence-corrected chi connectivity index (χ3v) is 3.78. The Morgan fingerprint density at radius 1 is 1.30 bits per heavy atom. The van der Waals surface area contributed by atoms with Crippen LogP contribution in [0.25, 0.3) is 0 Å². The molecule has 0 aliphatic heterocycles. The number of imidazole rings is 1. The highest BCUT2D eigenvalue weighted by Gasteiger charge is 2.19. The molecule has 1 aromatic rings. The molecule has 112 valence electrons. The smallest absolute Gasteiger partial charge is 0.322 e. The van der Waals surface area contributed by atoms with Crippen LogP contribution in [-0.2, 0) is 16.0 Å². The van der Waals surface area contributed by atoms with Crippen molar-refractivity contribution in [3.63, 3.8) is 0 Å². The van der Waals surface area contributed by atoms with Crippen LogP contribution < -0.4 is 9.67 Å². The molecule has 8 nitrogen and oxygen atoms in total. The SMILES string of the molecule is O=C(O)C(CSc1ncc(C[C@H](NCl)C(=O)O)[nH]1)NCl. The van der Waals surface area contributed by atoms with Crippen molar-refractivity contribution in [3.05, 3.63) is 11.9 Å². The fourth-order valence-corrected chi connectivity index (χ4v) is 2.53. The van der Waals surface area contributed by atoms with E-state index in [2.05, 4.69) is 19.6 Å². The Kier molecular flexibility index (Phi) is 7.10. The molecule has 1 unspecified atom stereocenters. The van der Waals surface area contributed by atoms with Crippen LogP contribution in [-0.4, -0.2) is 50.0 Å². The Labute approximate surface area is 128 Å². The highest BCUT2D eigenvalue weighted by molar-refractivity contribution is 7.99. The lowest BCUT2D eigenvalue weighted by atomic mass is 10.2. The number of thioether (sulfide) groups is 1. The molecule has 0 bridgehead atoms. The predicted molar refractivity (Wildman–Crippen MR) is 73.8 cm³/mol. The molecule has 0 saturated carbocycles. The van der Waals surface area contributed by atoms with Crippen LogP contribution in [0.2, 0.25) is 0 Å². The lowest BCUT2D eigenvalue weighted by molar-refractivity contribution is -0.139. The summed E-state index contributed by atoms with van der Waals surface area (Å²) in [6.07, 6.45) is 1.60. The first kappa shape index (κ1) is 17.1. The summed E-state index contributed by atoms with van der Waals surface area (Å²) in [5.74, 6) is -1.99. The van der Waals surface area contributed by atoms with Crippen molar-refractivity contribution in [2.75, 3.05) is 5.75 Å². The molecule has 0 aromatic carbocycles. The summed E-state index contributed by atoms with van der Waals surface area (Å²) in [6.45, 7) is 0. The molecular formula is C9H12Cl2N4O4S. The van der Waals surface area contributed by atoms with Gasteiger partial charge < -0.3 is 15.2 Å². The number of hydrogen-bond donors (Lipinski definition) is 5. The van der Waals surface area contributed by atoms with Crippen molar-refractivity contribution in [1.82, 2.24) is 19.6 Å². The fraction of sp³-hybridized carbons (Fsp3) is 0.444. The van der Waals surface area contributed by atoms with Gasteiger partial charge in [0.2, 0.25) is 0 Å². The first-order valence-electron chi connectivity index (χ1n) is 5.32. The topological polar surface area (TPSA) is 127 Å². The average Bonchev–Trinajstić information content (AvgIpc) is 2.83. The zero-order valence-electron chi connectivity index (χ0n) is 9.97. The number of carbonyl (C=O) groups is 2. The van der Waals surface area contributed by atoms with Gasteiger partial charge in [-0.2, -0.15) is 0 Å². The van der Waals surface area contributed by atoms with E-state index in [1.54, 1.807) is 0 Å². The van der Waals surface area contributed by atoms with Crippen molar-refractivity contribution < 1.29 is 19.8 Å². The number of aromatic nitrogens is 2. The van der Waals surface area contributed by atoms with Gasteiger partial charge in [0.05, 0.1) is 0 Å². The van der Waals surface area contributed by atoms with E-state index in [-0.39, 0.29) is 12.2 Å². The maximum absolute atomic E-state index is 10.8. The summed E-state index contributed by atoms with van der Waals surface area (Å²) in [5, 5.41) is 18.1. The van der Waals surface area contributed by atoms with Crippen LogP contribution in [0.1, 0.15) is 5.69 Å². The normalized spacial score (nSPS) is 13.9. The minimum absolute atomic E-state index is 0.127. The second-order valence-electron chi connectivity index (χ2n) is 3.73. The third-order valence-electron chi connectivity index (χ3n) is 2.28. The Hall–Kier alpha value is -1.00. The van der Waals surface area contributed by atoms with E-state index in [4.69, 9.17) is 33.8 Å². The van der Waals surface area contributed by atoms with Gasteiger partial charge >= 0.3 is 11.9 Å². The monoisotopic (exact) mass is 342 g/mol. The van der Waals surface area contributed by atoms with Gasteiger partial charge in [0, 0.05) is 24.1 Å². The lowest BCUT2D eigenvalue weighted by Crippen LogP contribution is -2.33. The number of carboxylic acids is 2. The van der Waals surface area contributed by atoms with Gasteiger partial charge in [0.25, 0.3) is 0 Å². The lowest BCUT2D eigenvalue weighted by Gasteiger charge is -2.08. The van der Waals surface area contributed by atoms with Crippen molar-refractivity contribution in [1.29, 1.82) is 0 Å². The Bertz CT molecular complexity index is 473. The number of nitrogens with one attached hydrogen (secondary N) is 3. The zero-order chi connectivity index (χ0) is 15.1. The molecule has 0 amide bonds. The Balaban J connectivity index is 2.55. The van der Waals surface area contributed by atoms with Gasteiger partial charge in [0.1, 0.15) is 12.1 Å². The summed E-state index contributed by atoms with van der Waals surface area (Å²) >= 11 is 11.8. The molecule has 1 rings (SSSR count). The van der Waals surface area contributed by atoms with Gasteiger partial charge in [-0.1, -0.05) is 11.8 Å². The first-order valence-corrected chi connectivity index (χ1v) is 7.06. The summed E-state index contributed by atoms with van der Waals surface area (Å²) in [5.41, 5.74) is 0.568. The summed E-state index contributed by atoms with van der Waals surface area (Å²) < 4.78 is 0. The van der Waals surface area contributed by atoms with Crippen LogP contribution >= 0.6 is 35.3 Å². The summed E-state index contributed by atoms with van der Waals surface area (Å²) in [6, 6.07) is -1.85. The van der Waals surface area contributed by atoms with Gasteiger partial charge in [-0.15, -0.1) is 0 Å². The number of aliphatic carboxylic acids is 2. The third kappa shape index (κ3) is 5.17.